The lowest BCUT2D eigenvalue weighted by molar-refractivity contribution is 0.953. The van der Waals surface area contributed by atoms with Crippen molar-refractivity contribution in [1.29, 1.82) is 0 Å². The predicted molar refractivity (Wildman–Crippen MR) is 300 cm³/mol. The van der Waals surface area contributed by atoms with Gasteiger partial charge in [-0.1, -0.05) is 218 Å². The van der Waals surface area contributed by atoms with Gasteiger partial charge in [0.05, 0.1) is 22.1 Å². The zero-order chi connectivity index (χ0) is 49.0. The van der Waals surface area contributed by atoms with E-state index < -0.39 is 0 Å². The summed E-state index contributed by atoms with van der Waals surface area (Å²) in [7, 11) is 0. The summed E-state index contributed by atoms with van der Waals surface area (Å²) in [5.41, 5.74) is 14.5. The molecule has 0 aliphatic heterocycles. The summed E-state index contributed by atoms with van der Waals surface area (Å²) in [5, 5.41) is 4.49. The second-order valence-electron chi connectivity index (χ2n) is 18.3. The molecule has 10 aromatic carbocycles. The standard InChI is InChI=1S/C66H42N8/c1-5-21-43(22-6-1)61-67-62(44-23-7-2-8-24-44)70-65(69-61)73-55-37-15-13-33-53(55)59-51(35-19-39-57(59)73)49-31-17-29-47(41-49)48-30-18-32-50(42-48)52-36-20-40-58-60(52)54-34-14-16-38-56(54)74(58)66-71-63(45-25-9-3-10-26-45)68-64(72-66)46-27-11-4-12-28-46/h1-42H. The van der Waals surface area contributed by atoms with Crippen molar-refractivity contribution in [2.75, 3.05) is 0 Å². The number of hydrogen-bond donors (Lipinski definition) is 0. The molecule has 0 amide bonds. The molecule has 0 atom stereocenters. The van der Waals surface area contributed by atoms with Crippen LogP contribution in [0, 0.1) is 0 Å². The van der Waals surface area contributed by atoms with Crippen LogP contribution in [-0.2, 0) is 0 Å². The van der Waals surface area contributed by atoms with E-state index in [1.54, 1.807) is 0 Å². The van der Waals surface area contributed by atoms with Crippen molar-refractivity contribution in [2.45, 2.75) is 0 Å². The van der Waals surface area contributed by atoms with Gasteiger partial charge in [-0.25, -0.2) is 9.97 Å². The smallest absolute Gasteiger partial charge is 0.238 e. The first-order valence-corrected chi connectivity index (χ1v) is 24.7. The molecule has 4 heterocycles. The van der Waals surface area contributed by atoms with Crippen LogP contribution in [-0.4, -0.2) is 39.0 Å². The van der Waals surface area contributed by atoms with E-state index >= 15 is 0 Å². The van der Waals surface area contributed by atoms with Crippen LogP contribution >= 0.6 is 0 Å². The molecule has 0 saturated heterocycles. The third-order valence-corrected chi connectivity index (χ3v) is 13.9. The molecule has 0 unspecified atom stereocenters. The van der Waals surface area contributed by atoms with Crippen molar-refractivity contribution in [3.05, 3.63) is 255 Å². The van der Waals surface area contributed by atoms with Crippen LogP contribution in [0.4, 0.5) is 0 Å². The molecule has 8 heteroatoms. The lowest BCUT2D eigenvalue weighted by Crippen LogP contribution is -2.06. The molecule has 14 rings (SSSR count). The molecule has 8 nitrogen and oxygen atoms in total. The Hall–Kier alpha value is -10.2. The van der Waals surface area contributed by atoms with Crippen molar-refractivity contribution >= 4 is 43.6 Å². The summed E-state index contributed by atoms with van der Waals surface area (Å²) in [6.45, 7) is 0. The molecule has 0 saturated carbocycles. The fourth-order valence-corrected chi connectivity index (χ4v) is 10.5. The van der Waals surface area contributed by atoms with Crippen molar-refractivity contribution in [1.82, 2.24) is 39.0 Å². The van der Waals surface area contributed by atoms with E-state index in [1.165, 1.54) is 0 Å². The number of benzene rings is 10. The highest BCUT2D eigenvalue weighted by atomic mass is 15.2. The highest BCUT2D eigenvalue weighted by Crippen LogP contribution is 2.42. The highest BCUT2D eigenvalue weighted by Gasteiger charge is 2.22. The molecule has 0 radical (unpaired) electrons. The Labute approximate surface area is 426 Å². The average molecular weight is 947 g/mol. The van der Waals surface area contributed by atoms with E-state index in [-0.39, 0.29) is 0 Å². The maximum Gasteiger partial charge on any atom is 0.238 e. The van der Waals surface area contributed by atoms with Gasteiger partial charge in [-0.15, -0.1) is 0 Å². The number of fused-ring (bicyclic) bond motifs is 6. The van der Waals surface area contributed by atoms with E-state index in [0.29, 0.717) is 35.2 Å². The van der Waals surface area contributed by atoms with Crippen LogP contribution in [0.3, 0.4) is 0 Å². The van der Waals surface area contributed by atoms with Crippen LogP contribution in [0.5, 0.6) is 0 Å². The Bertz CT molecular complexity index is 4010. The topological polar surface area (TPSA) is 87.2 Å². The van der Waals surface area contributed by atoms with Gasteiger partial charge in [-0.2, -0.15) is 19.9 Å². The monoisotopic (exact) mass is 946 g/mol. The summed E-state index contributed by atoms with van der Waals surface area (Å²) in [6.07, 6.45) is 0. The third-order valence-electron chi connectivity index (χ3n) is 13.9. The molecular weight excluding hydrogens is 905 g/mol. The zero-order valence-electron chi connectivity index (χ0n) is 39.8. The van der Waals surface area contributed by atoms with Gasteiger partial charge < -0.3 is 0 Å². The Morgan fingerprint density at radius 3 is 0.865 bits per heavy atom. The van der Waals surface area contributed by atoms with E-state index in [0.717, 1.165) is 99.2 Å². The highest BCUT2D eigenvalue weighted by molar-refractivity contribution is 6.17. The second-order valence-corrected chi connectivity index (χ2v) is 18.3. The molecule has 14 aromatic rings. The first-order chi connectivity index (χ1) is 36.7. The molecule has 346 valence electrons. The lowest BCUT2D eigenvalue weighted by atomic mass is 9.93. The number of para-hydroxylation sites is 2. The minimum atomic E-state index is 0.562. The molecule has 0 aliphatic carbocycles. The number of aromatic nitrogens is 8. The fraction of sp³-hybridized carbons (Fsp3) is 0. The van der Waals surface area contributed by atoms with Gasteiger partial charge in [0.25, 0.3) is 0 Å². The molecule has 0 spiro atoms. The van der Waals surface area contributed by atoms with Crippen LogP contribution in [0.15, 0.2) is 255 Å². The number of nitrogens with zero attached hydrogens (tertiary/aromatic N) is 8. The zero-order valence-corrected chi connectivity index (χ0v) is 39.8. The van der Waals surface area contributed by atoms with E-state index in [9.17, 15) is 0 Å². The molecule has 0 fully saturated rings. The van der Waals surface area contributed by atoms with Crippen molar-refractivity contribution in [3.8, 4) is 90.8 Å². The normalized spacial score (nSPS) is 11.5. The first-order valence-electron chi connectivity index (χ1n) is 24.7. The van der Waals surface area contributed by atoms with Crippen LogP contribution < -0.4 is 0 Å². The van der Waals surface area contributed by atoms with Gasteiger partial charge in [0.1, 0.15) is 0 Å². The van der Waals surface area contributed by atoms with E-state index in [2.05, 4.69) is 143 Å². The molecule has 4 aromatic heterocycles. The second kappa shape index (κ2) is 17.9. The Morgan fingerprint density at radius 2 is 0.500 bits per heavy atom. The minimum Gasteiger partial charge on any atom is -0.278 e. The molecule has 0 aliphatic rings. The molecule has 74 heavy (non-hydrogen) atoms. The van der Waals surface area contributed by atoms with Crippen molar-refractivity contribution in [3.63, 3.8) is 0 Å². The maximum absolute atomic E-state index is 5.17. The Kier molecular flexibility index (Phi) is 10.3. The van der Waals surface area contributed by atoms with E-state index in [1.807, 2.05) is 121 Å². The van der Waals surface area contributed by atoms with Gasteiger partial charge in [0.15, 0.2) is 23.3 Å². The molecule has 0 N–H and O–H groups in total. The number of hydrogen-bond acceptors (Lipinski definition) is 6. The summed E-state index contributed by atoms with van der Waals surface area (Å²) >= 11 is 0. The first kappa shape index (κ1) is 42.7. The van der Waals surface area contributed by atoms with Gasteiger partial charge >= 0.3 is 0 Å². The van der Waals surface area contributed by atoms with Crippen LogP contribution in [0.1, 0.15) is 0 Å². The summed E-state index contributed by atoms with van der Waals surface area (Å²) in [4.78, 5) is 30.7. The van der Waals surface area contributed by atoms with Gasteiger partial charge in [0.2, 0.25) is 11.9 Å². The maximum atomic E-state index is 5.17. The van der Waals surface area contributed by atoms with Gasteiger partial charge in [-0.05, 0) is 69.8 Å². The quantitative estimate of drug-likeness (QED) is 0.143. The average Bonchev–Trinajstić information content (AvgIpc) is 4.02. The minimum absolute atomic E-state index is 0.562. The van der Waals surface area contributed by atoms with Crippen molar-refractivity contribution < 1.29 is 0 Å². The molecular formula is C66H42N8. The fourth-order valence-electron chi connectivity index (χ4n) is 10.5. The predicted octanol–water partition coefficient (Wildman–Crippen LogP) is 15.9. The number of rotatable bonds is 9. The SMILES string of the molecule is c1ccc(-c2nc(-c3ccccc3)nc(-n3c4ccccc4c4c(-c5cccc(-c6cccc(-c7cccc8c7c7ccccc7n8-c7nc(-c8ccccc8)nc(-c8ccccc8)n7)c6)c5)cccc43)n2)cc1. The summed E-state index contributed by atoms with van der Waals surface area (Å²) < 4.78 is 4.37. The largest absolute Gasteiger partial charge is 0.278 e. The summed E-state index contributed by atoms with van der Waals surface area (Å²) in [5.74, 6) is 3.59. The summed E-state index contributed by atoms with van der Waals surface area (Å²) in [6, 6.07) is 88.4. The van der Waals surface area contributed by atoms with Crippen molar-refractivity contribution in [2.24, 2.45) is 0 Å². The van der Waals surface area contributed by atoms with Crippen LogP contribution in [0.2, 0.25) is 0 Å². The Balaban J connectivity index is 0.891. The van der Waals surface area contributed by atoms with Gasteiger partial charge in [-0.3, -0.25) is 9.13 Å². The lowest BCUT2D eigenvalue weighted by Gasteiger charge is -2.12. The molecule has 0 bridgehead atoms. The Morgan fingerprint density at radius 1 is 0.216 bits per heavy atom. The van der Waals surface area contributed by atoms with E-state index in [4.69, 9.17) is 29.9 Å². The van der Waals surface area contributed by atoms with Crippen LogP contribution in [0.25, 0.3) is 134 Å². The third kappa shape index (κ3) is 7.40. The van der Waals surface area contributed by atoms with Gasteiger partial charge in [0, 0.05) is 43.8 Å².